The second kappa shape index (κ2) is 8.77. The molecule has 1 atom stereocenters. The molecule has 1 heterocycles. The minimum Gasteiger partial charge on any atom is -0.465 e. The third-order valence-electron chi connectivity index (χ3n) is 5.04. The highest BCUT2D eigenvalue weighted by atomic mass is 16.5. The zero-order valence-corrected chi connectivity index (χ0v) is 16.7. The van der Waals surface area contributed by atoms with Crippen LogP contribution in [-0.2, 0) is 20.7 Å². The molecular formula is C22H24N2O5. The van der Waals surface area contributed by atoms with Crippen LogP contribution in [0.15, 0.2) is 42.5 Å². The number of carbonyl (C=O) groups is 3. The van der Waals surface area contributed by atoms with Gasteiger partial charge in [0, 0.05) is 17.4 Å². The molecule has 1 aliphatic heterocycles. The summed E-state index contributed by atoms with van der Waals surface area (Å²) in [6.45, 7) is 2.25. The number of hydrogen-bond donors (Lipinski definition) is 1. The average molecular weight is 396 g/mol. The van der Waals surface area contributed by atoms with Crippen molar-refractivity contribution in [3.05, 3.63) is 59.2 Å². The molecule has 1 unspecified atom stereocenters. The first-order valence-corrected chi connectivity index (χ1v) is 9.39. The lowest BCUT2D eigenvalue weighted by Crippen LogP contribution is -2.42. The number of benzene rings is 2. The van der Waals surface area contributed by atoms with Gasteiger partial charge in [-0.05, 0) is 49.6 Å². The molecule has 2 aromatic carbocycles. The van der Waals surface area contributed by atoms with Crippen LogP contribution < -0.4 is 10.2 Å². The Balaban J connectivity index is 1.82. The van der Waals surface area contributed by atoms with Crippen molar-refractivity contribution in [3.8, 4) is 0 Å². The van der Waals surface area contributed by atoms with Gasteiger partial charge in [0.05, 0.1) is 31.9 Å². The summed E-state index contributed by atoms with van der Waals surface area (Å²) in [7, 11) is 2.50. The number of amides is 1. The van der Waals surface area contributed by atoms with Crippen molar-refractivity contribution in [2.75, 3.05) is 31.0 Å². The molecule has 29 heavy (non-hydrogen) atoms. The van der Waals surface area contributed by atoms with Gasteiger partial charge in [-0.2, -0.15) is 0 Å². The minimum absolute atomic E-state index is 0.155. The minimum atomic E-state index is -0.607. The molecule has 7 heteroatoms. The summed E-state index contributed by atoms with van der Waals surface area (Å²) in [5.41, 5.74) is 2.92. The van der Waals surface area contributed by atoms with E-state index in [4.69, 9.17) is 9.47 Å². The van der Waals surface area contributed by atoms with Crippen molar-refractivity contribution < 1.29 is 23.9 Å². The number of nitrogens with zero attached hydrogens (tertiary/aromatic N) is 1. The first kappa shape index (κ1) is 20.4. The highest BCUT2D eigenvalue weighted by molar-refractivity contribution is 6.00. The summed E-state index contributed by atoms with van der Waals surface area (Å²) in [6.07, 6.45) is 1.95. The highest BCUT2D eigenvalue weighted by Gasteiger charge is 2.25. The van der Waals surface area contributed by atoms with Crippen LogP contribution in [0.25, 0.3) is 0 Å². The van der Waals surface area contributed by atoms with E-state index in [2.05, 4.69) is 23.2 Å². The van der Waals surface area contributed by atoms with Crippen LogP contribution in [0.2, 0.25) is 0 Å². The van der Waals surface area contributed by atoms with Crippen LogP contribution in [0, 0.1) is 0 Å². The van der Waals surface area contributed by atoms with Crippen LogP contribution in [0.4, 0.5) is 11.4 Å². The zero-order chi connectivity index (χ0) is 21.0. The van der Waals surface area contributed by atoms with E-state index in [1.54, 1.807) is 0 Å². The van der Waals surface area contributed by atoms with Crippen molar-refractivity contribution >= 4 is 29.2 Å². The predicted molar refractivity (Wildman–Crippen MR) is 109 cm³/mol. The van der Waals surface area contributed by atoms with E-state index in [0.29, 0.717) is 5.69 Å². The fraction of sp³-hybridized carbons (Fsp3) is 0.318. The van der Waals surface area contributed by atoms with E-state index < -0.39 is 11.9 Å². The standard InChI is InChI=1S/C22H24N2O5/c1-14-8-9-15-6-4-5-7-19(15)24(14)13-20(25)23-18-11-16(21(26)28-2)10-17(12-18)22(27)29-3/h4-7,10-12,14H,8-9,13H2,1-3H3,(H,23,25). The highest BCUT2D eigenvalue weighted by Crippen LogP contribution is 2.30. The van der Waals surface area contributed by atoms with Crippen molar-refractivity contribution in [2.24, 2.45) is 0 Å². The Labute approximate surface area is 169 Å². The van der Waals surface area contributed by atoms with Gasteiger partial charge in [-0.25, -0.2) is 9.59 Å². The number of methoxy groups -OCH3 is 2. The van der Waals surface area contributed by atoms with Crippen molar-refractivity contribution in [3.63, 3.8) is 0 Å². The van der Waals surface area contributed by atoms with Gasteiger partial charge in [-0.1, -0.05) is 18.2 Å². The Kier molecular flexibility index (Phi) is 6.16. The molecule has 1 amide bonds. The van der Waals surface area contributed by atoms with E-state index in [-0.39, 0.29) is 29.6 Å². The lowest BCUT2D eigenvalue weighted by atomic mass is 9.96. The fourth-order valence-electron chi connectivity index (χ4n) is 3.53. The van der Waals surface area contributed by atoms with Crippen molar-refractivity contribution in [1.82, 2.24) is 0 Å². The lowest BCUT2D eigenvalue weighted by Gasteiger charge is -2.36. The lowest BCUT2D eigenvalue weighted by molar-refractivity contribution is -0.115. The summed E-state index contributed by atoms with van der Waals surface area (Å²) in [6, 6.07) is 12.6. The maximum absolute atomic E-state index is 12.8. The molecular weight excluding hydrogens is 372 g/mol. The van der Waals surface area contributed by atoms with Crippen LogP contribution in [0.1, 0.15) is 39.6 Å². The predicted octanol–water partition coefficient (Wildman–Crippen LogP) is 3.04. The molecule has 1 N–H and O–H groups in total. The van der Waals surface area contributed by atoms with Gasteiger partial charge in [0.1, 0.15) is 0 Å². The van der Waals surface area contributed by atoms with E-state index in [9.17, 15) is 14.4 Å². The van der Waals surface area contributed by atoms with Crippen LogP contribution in [0.5, 0.6) is 0 Å². The van der Waals surface area contributed by atoms with Gasteiger partial charge in [0.25, 0.3) is 0 Å². The maximum Gasteiger partial charge on any atom is 0.337 e. The third kappa shape index (κ3) is 4.56. The summed E-state index contributed by atoms with van der Waals surface area (Å²) >= 11 is 0. The van der Waals surface area contributed by atoms with E-state index >= 15 is 0 Å². The molecule has 0 spiro atoms. The molecule has 0 saturated carbocycles. The number of rotatable bonds is 5. The van der Waals surface area contributed by atoms with Gasteiger partial charge in [-0.15, -0.1) is 0 Å². The molecule has 7 nitrogen and oxygen atoms in total. The van der Waals surface area contributed by atoms with Crippen LogP contribution in [0.3, 0.4) is 0 Å². The molecule has 0 radical (unpaired) electrons. The van der Waals surface area contributed by atoms with E-state index in [1.807, 2.05) is 18.2 Å². The van der Waals surface area contributed by atoms with E-state index in [1.165, 1.54) is 38.0 Å². The SMILES string of the molecule is COC(=O)c1cc(NC(=O)CN2c3ccccc3CCC2C)cc(C(=O)OC)c1. The number of carbonyl (C=O) groups excluding carboxylic acids is 3. The second-order valence-electron chi connectivity index (χ2n) is 6.97. The molecule has 152 valence electrons. The van der Waals surface area contributed by atoms with Crippen molar-refractivity contribution in [1.29, 1.82) is 0 Å². The Hall–Kier alpha value is -3.35. The normalized spacial score (nSPS) is 15.3. The monoisotopic (exact) mass is 396 g/mol. The molecule has 3 rings (SSSR count). The molecule has 1 aliphatic rings. The summed E-state index contributed by atoms with van der Waals surface area (Å²) in [4.78, 5) is 38.7. The van der Waals surface area contributed by atoms with Gasteiger partial charge < -0.3 is 19.7 Å². The number of aryl methyl sites for hydroxylation is 1. The first-order valence-electron chi connectivity index (χ1n) is 9.39. The second-order valence-corrected chi connectivity index (χ2v) is 6.97. The third-order valence-corrected chi connectivity index (χ3v) is 5.04. The molecule has 0 saturated heterocycles. The number of ether oxygens (including phenoxy) is 2. The molecule has 0 bridgehead atoms. The summed E-state index contributed by atoms with van der Waals surface area (Å²) in [5.74, 6) is -1.46. The van der Waals surface area contributed by atoms with Gasteiger partial charge >= 0.3 is 11.9 Å². The van der Waals surface area contributed by atoms with Crippen LogP contribution >= 0.6 is 0 Å². The number of esters is 2. The van der Waals surface area contributed by atoms with Gasteiger partial charge in [-0.3, -0.25) is 4.79 Å². The summed E-state index contributed by atoms with van der Waals surface area (Å²) < 4.78 is 9.45. The van der Waals surface area contributed by atoms with E-state index in [0.717, 1.165) is 18.5 Å². The van der Waals surface area contributed by atoms with Crippen molar-refractivity contribution in [2.45, 2.75) is 25.8 Å². The fourth-order valence-corrected chi connectivity index (χ4v) is 3.53. The number of anilines is 2. The first-order chi connectivity index (χ1) is 13.9. The molecule has 2 aromatic rings. The van der Waals surface area contributed by atoms with Crippen LogP contribution in [-0.4, -0.2) is 44.7 Å². The average Bonchev–Trinajstić information content (AvgIpc) is 2.74. The number of para-hydroxylation sites is 1. The summed E-state index contributed by atoms with van der Waals surface area (Å²) in [5, 5.41) is 2.78. The molecule has 0 aromatic heterocycles. The largest absolute Gasteiger partial charge is 0.465 e. The topological polar surface area (TPSA) is 84.9 Å². The number of fused-ring (bicyclic) bond motifs is 1. The maximum atomic E-state index is 12.8. The molecule has 0 fully saturated rings. The Morgan fingerprint density at radius 1 is 1.03 bits per heavy atom. The smallest absolute Gasteiger partial charge is 0.337 e. The Morgan fingerprint density at radius 3 is 2.28 bits per heavy atom. The quantitative estimate of drug-likeness (QED) is 0.782. The number of hydrogen-bond acceptors (Lipinski definition) is 6. The van der Waals surface area contributed by atoms with Gasteiger partial charge in [0.15, 0.2) is 0 Å². The Morgan fingerprint density at radius 2 is 1.66 bits per heavy atom. The Bertz CT molecular complexity index is 906. The molecule has 0 aliphatic carbocycles. The number of nitrogens with one attached hydrogen (secondary N) is 1. The zero-order valence-electron chi connectivity index (χ0n) is 16.7. The van der Waals surface area contributed by atoms with Gasteiger partial charge in [0.2, 0.25) is 5.91 Å².